The van der Waals surface area contributed by atoms with Gasteiger partial charge >= 0.3 is 0 Å². The van der Waals surface area contributed by atoms with Gasteiger partial charge in [-0.1, -0.05) is 0 Å². The second kappa shape index (κ2) is 9.56. The highest BCUT2D eigenvalue weighted by atomic mass is 19.3. The molecule has 0 saturated carbocycles. The Morgan fingerprint density at radius 2 is 2.05 bits per heavy atom. The van der Waals surface area contributed by atoms with Crippen molar-refractivity contribution in [2.45, 2.75) is 45.5 Å². The van der Waals surface area contributed by atoms with Gasteiger partial charge in [0.05, 0.1) is 24.8 Å². The Morgan fingerprint density at radius 3 is 2.73 bits per heavy atom. The van der Waals surface area contributed by atoms with E-state index in [4.69, 9.17) is 7.85 Å². The van der Waals surface area contributed by atoms with E-state index in [-0.39, 0.29) is 24.0 Å². The molecule has 1 aliphatic rings. The van der Waals surface area contributed by atoms with Gasteiger partial charge in [0, 0.05) is 26.1 Å². The van der Waals surface area contributed by atoms with E-state index in [1.165, 1.54) is 20.9 Å². The van der Waals surface area contributed by atoms with Gasteiger partial charge in [0.1, 0.15) is 30.9 Å². The summed E-state index contributed by atoms with van der Waals surface area (Å²) in [5.74, 6) is 0.864. The van der Waals surface area contributed by atoms with Gasteiger partial charge in [-0.2, -0.15) is 4.98 Å². The summed E-state index contributed by atoms with van der Waals surface area (Å²) in [6.45, 7) is 2.99. The summed E-state index contributed by atoms with van der Waals surface area (Å²) in [4.78, 5) is 26.5. The van der Waals surface area contributed by atoms with Gasteiger partial charge in [0.2, 0.25) is 11.9 Å². The Morgan fingerprint density at radius 1 is 1.27 bits per heavy atom. The number of anilines is 2. The summed E-state index contributed by atoms with van der Waals surface area (Å²) >= 11 is 0. The lowest BCUT2D eigenvalue weighted by Crippen LogP contribution is -2.49. The average Bonchev–Trinajstić information content (AvgIpc) is 3.35. The Hall–Kier alpha value is -3.84. The molecule has 1 amide bonds. The lowest BCUT2D eigenvalue weighted by atomic mass is 10.0. The molecule has 5 rings (SSSR count). The number of hydrogen-bond donors (Lipinski definition) is 2. The van der Waals surface area contributed by atoms with Gasteiger partial charge in [-0.15, -0.1) is 5.10 Å². The van der Waals surface area contributed by atoms with Gasteiger partial charge in [0.25, 0.3) is 6.43 Å². The number of carbonyl (C=O) groups excluding carboxylic acids is 1. The van der Waals surface area contributed by atoms with E-state index in [0.717, 1.165) is 0 Å². The third-order valence-corrected chi connectivity index (χ3v) is 6.56. The van der Waals surface area contributed by atoms with E-state index in [2.05, 4.69) is 30.7 Å². The minimum Gasteiger partial charge on any atom is -0.371 e. The molecule has 2 atom stereocenters. The van der Waals surface area contributed by atoms with Crippen molar-refractivity contribution in [1.82, 2.24) is 34.0 Å². The quantitative estimate of drug-likeness (QED) is 0.381. The molecule has 0 aromatic carbocycles. The number of likely N-dealkylation sites (tertiary alicyclic amines) is 1. The minimum absolute atomic E-state index is 0.000298. The molecule has 1 aliphatic heterocycles. The van der Waals surface area contributed by atoms with Gasteiger partial charge < -0.3 is 20.1 Å². The number of piperidine rings is 1. The predicted octanol–water partition coefficient (Wildman–Crippen LogP) is 1.92. The highest BCUT2D eigenvalue weighted by Crippen LogP contribution is 2.30. The van der Waals surface area contributed by atoms with Crippen molar-refractivity contribution >= 4 is 47.8 Å². The van der Waals surface area contributed by atoms with E-state index < -0.39 is 25.2 Å². The van der Waals surface area contributed by atoms with Gasteiger partial charge in [-0.3, -0.25) is 4.79 Å². The van der Waals surface area contributed by atoms with Crippen molar-refractivity contribution in [2.75, 3.05) is 30.8 Å². The number of fused-ring (bicyclic) bond motifs is 2. The Kier molecular flexibility index (Phi) is 6.42. The molecular formula is C23H25BF3N9O. The van der Waals surface area contributed by atoms with Crippen LogP contribution in [0.15, 0.2) is 18.2 Å². The molecule has 4 aromatic rings. The van der Waals surface area contributed by atoms with Crippen LogP contribution < -0.4 is 16.2 Å². The van der Waals surface area contributed by atoms with E-state index in [1.54, 1.807) is 32.2 Å². The predicted molar refractivity (Wildman–Crippen MR) is 134 cm³/mol. The van der Waals surface area contributed by atoms with Crippen LogP contribution in [0.3, 0.4) is 0 Å². The van der Waals surface area contributed by atoms with Crippen LogP contribution in [0.2, 0.25) is 0 Å². The van der Waals surface area contributed by atoms with E-state index in [0.29, 0.717) is 52.5 Å². The largest absolute Gasteiger partial charge is 0.371 e. The van der Waals surface area contributed by atoms with Crippen LogP contribution in [0.4, 0.5) is 24.9 Å². The maximum atomic E-state index is 14.8. The zero-order valence-corrected chi connectivity index (χ0v) is 20.5. The maximum Gasteiger partial charge on any atom is 0.256 e. The summed E-state index contributed by atoms with van der Waals surface area (Å²) in [5, 5.41) is 10.5. The third-order valence-electron chi connectivity index (χ3n) is 6.56. The van der Waals surface area contributed by atoms with Gasteiger partial charge in [0.15, 0.2) is 11.5 Å². The number of carbonyl (C=O) groups is 1. The average molecular weight is 511 g/mol. The molecule has 2 radical (unpaired) electrons. The number of alkyl halides is 3. The molecule has 0 spiro atoms. The standard InChI is InChI=1S/C23H25BF3N9O/c1-11-29-17-5-4-15(30-22(17)35(11)10-19(26)27)13-8-18(24)36-20(13)21(28-3)32-23(33-36)31-16-6-7-34(12(2)37)9-14(16)25/h4-5,8,14,16,19H,6-7,9-10H2,1-3H3,(H2,28,31,32,33). The van der Waals surface area contributed by atoms with E-state index in [9.17, 15) is 18.0 Å². The number of nitrogens with zero attached hydrogens (tertiary/aromatic N) is 7. The fourth-order valence-electron chi connectivity index (χ4n) is 4.70. The number of halogens is 3. The number of aryl methyl sites for hydroxylation is 1. The lowest BCUT2D eigenvalue weighted by molar-refractivity contribution is -0.131. The molecule has 2 unspecified atom stereocenters. The summed E-state index contributed by atoms with van der Waals surface area (Å²) in [5.41, 5.74) is 2.73. The second-order valence-electron chi connectivity index (χ2n) is 9.00. The molecule has 1 saturated heterocycles. The van der Waals surface area contributed by atoms with Gasteiger partial charge in [-0.05, 0) is 37.1 Å². The summed E-state index contributed by atoms with van der Waals surface area (Å²) in [6, 6.07) is 4.55. The van der Waals surface area contributed by atoms with Crippen LogP contribution >= 0.6 is 0 Å². The third kappa shape index (κ3) is 4.55. The normalized spacial score (nSPS) is 18.2. The Bertz CT molecular complexity index is 1490. The Balaban J connectivity index is 1.53. The van der Waals surface area contributed by atoms with Crippen molar-refractivity contribution in [2.24, 2.45) is 0 Å². The second-order valence-corrected chi connectivity index (χ2v) is 9.00. The van der Waals surface area contributed by atoms with Crippen molar-refractivity contribution in [3.8, 4) is 11.3 Å². The number of rotatable bonds is 6. The zero-order valence-electron chi connectivity index (χ0n) is 20.5. The molecule has 14 heteroatoms. The SMILES string of the molecule is [B]c1cc(-c2ccc3nc(C)n(CC(F)F)c3n2)c2c(NC)nc(NC3CCN(C(C)=O)CC3F)nn12. The monoisotopic (exact) mass is 511 g/mol. The highest BCUT2D eigenvalue weighted by Gasteiger charge is 2.31. The van der Waals surface area contributed by atoms with Crippen molar-refractivity contribution in [1.29, 1.82) is 0 Å². The number of aromatic nitrogens is 6. The van der Waals surface area contributed by atoms with Crippen molar-refractivity contribution < 1.29 is 18.0 Å². The molecule has 0 aliphatic carbocycles. The maximum absolute atomic E-state index is 14.8. The van der Waals surface area contributed by atoms with Crippen LogP contribution in [-0.2, 0) is 11.3 Å². The smallest absolute Gasteiger partial charge is 0.256 e. The van der Waals surface area contributed by atoms with Crippen LogP contribution in [0, 0.1) is 6.92 Å². The molecule has 192 valence electrons. The van der Waals surface area contributed by atoms with Crippen molar-refractivity contribution in [3.05, 3.63) is 24.0 Å². The number of amides is 1. The first-order valence-corrected chi connectivity index (χ1v) is 11.8. The number of pyridine rings is 1. The number of hydrogen-bond acceptors (Lipinski definition) is 7. The summed E-state index contributed by atoms with van der Waals surface area (Å²) < 4.78 is 43.9. The lowest BCUT2D eigenvalue weighted by Gasteiger charge is -2.34. The molecule has 2 N–H and O–H groups in total. The van der Waals surface area contributed by atoms with Gasteiger partial charge in [-0.25, -0.2) is 27.7 Å². The van der Waals surface area contributed by atoms with Crippen molar-refractivity contribution in [3.63, 3.8) is 0 Å². The van der Waals surface area contributed by atoms with E-state index in [1.807, 2.05) is 0 Å². The first-order valence-electron chi connectivity index (χ1n) is 11.8. The summed E-state index contributed by atoms with van der Waals surface area (Å²) in [6.07, 6.45) is -3.44. The molecule has 5 heterocycles. The summed E-state index contributed by atoms with van der Waals surface area (Å²) in [7, 11) is 7.97. The van der Waals surface area contributed by atoms with Crippen LogP contribution in [0.1, 0.15) is 19.2 Å². The minimum atomic E-state index is -2.55. The molecule has 4 aromatic heterocycles. The molecule has 10 nitrogen and oxygen atoms in total. The zero-order chi connectivity index (χ0) is 26.4. The molecule has 0 bridgehead atoms. The number of imidazole rings is 1. The first kappa shape index (κ1) is 24.8. The topological polar surface area (TPSA) is 105 Å². The fraction of sp³-hybridized carbons (Fsp3) is 0.435. The van der Waals surface area contributed by atoms with Crippen LogP contribution in [-0.4, -0.2) is 86.6 Å². The van der Waals surface area contributed by atoms with Crippen LogP contribution in [0.5, 0.6) is 0 Å². The molecule has 37 heavy (non-hydrogen) atoms. The molecular weight excluding hydrogens is 486 g/mol. The first-order chi connectivity index (χ1) is 17.7. The molecule has 1 fully saturated rings. The fourth-order valence-corrected chi connectivity index (χ4v) is 4.70. The number of nitrogens with one attached hydrogen (secondary N) is 2. The van der Waals surface area contributed by atoms with E-state index >= 15 is 0 Å². The highest BCUT2D eigenvalue weighted by molar-refractivity contribution is 6.32. The Labute approximate surface area is 211 Å². The van der Waals surface area contributed by atoms with Crippen LogP contribution in [0.25, 0.3) is 27.9 Å².